The fraction of sp³-hybridized carbons (Fsp3) is 0.375. The molecule has 3 heteroatoms. The van der Waals surface area contributed by atoms with Crippen LogP contribution in [-0.4, -0.2) is 4.98 Å². The maximum absolute atomic E-state index is 5.67. The van der Waals surface area contributed by atoms with Crippen LogP contribution in [0.15, 0.2) is 12.3 Å². The minimum atomic E-state index is 0.411. The lowest BCUT2D eigenvalue weighted by Crippen LogP contribution is -1.91. The van der Waals surface area contributed by atoms with Crippen LogP contribution in [-0.2, 0) is 0 Å². The Bertz CT molecular complexity index is 281. The first-order valence-corrected chi connectivity index (χ1v) is 4.06. The molecule has 2 nitrogen and oxygen atoms in total. The number of nitrogens with zero attached hydrogens (tertiary/aromatic N) is 1. The van der Waals surface area contributed by atoms with Crippen LogP contribution in [0.3, 0.4) is 0 Å². The number of nitrogens with two attached hydrogens (primary N) is 1. The summed E-state index contributed by atoms with van der Waals surface area (Å²) in [6.45, 7) is 0. The Hall–Kier alpha value is -0.760. The van der Waals surface area contributed by atoms with Gasteiger partial charge in [0.05, 0.1) is 5.69 Å². The topological polar surface area (TPSA) is 38.9 Å². The van der Waals surface area contributed by atoms with Gasteiger partial charge in [0, 0.05) is 6.20 Å². The molecule has 2 rings (SSSR count). The van der Waals surface area contributed by atoms with Crippen molar-refractivity contribution >= 4 is 17.3 Å². The van der Waals surface area contributed by atoms with Gasteiger partial charge in [0.2, 0.25) is 0 Å². The van der Waals surface area contributed by atoms with E-state index in [0.29, 0.717) is 16.8 Å². The molecule has 0 spiro atoms. The molecule has 1 aromatic heterocycles. The van der Waals surface area contributed by atoms with Gasteiger partial charge in [-0.1, -0.05) is 11.6 Å². The molecule has 1 aromatic rings. The van der Waals surface area contributed by atoms with Crippen LogP contribution in [0.2, 0.25) is 5.15 Å². The maximum atomic E-state index is 5.67. The first kappa shape index (κ1) is 6.92. The van der Waals surface area contributed by atoms with Crippen molar-refractivity contribution in [1.29, 1.82) is 0 Å². The van der Waals surface area contributed by atoms with Crippen molar-refractivity contribution in [3.05, 3.63) is 23.0 Å². The highest BCUT2D eigenvalue weighted by molar-refractivity contribution is 6.31. The molecule has 0 aromatic carbocycles. The third-order valence-corrected chi connectivity index (χ3v) is 2.25. The fourth-order valence-electron chi connectivity index (χ4n) is 1.12. The molecule has 0 aliphatic heterocycles. The smallest absolute Gasteiger partial charge is 0.151 e. The van der Waals surface area contributed by atoms with Crippen molar-refractivity contribution in [3.8, 4) is 0 Å². The van der Waals surface area contributed by atoms with E-state index in [9.17, 15) is 0 Å². The van der Waals surface area contributed by atoms with Gasteiger partial charge in [0.15, 0.2) is 5.15 Å². The number of aromatic nitrogens is 1. The Kier molecular flexibility index (Phi) is 1.50. The van der Waals surface area contributed by atoms with Crippen molar-refractivity contribution in [2.24, 2.45) is 0 Å². The van der Waals surface area contributed by atoms with E-state index in [1.807, 2.05) is 12.3 Å². The van der Waals surface area contributed by atoms with E-state index < -0.39 is 0 Å². The Morgan fingerprint density at radius 2 is 2.27 bits per heavy atom. The van der Waals surface area contributed by atoms with Gasteiger partial charge < -0.3 is 5.73 Å². The molecule has 1 saturated carbocycles. The monoisotopic (exact) mass is 168 g/mol. The summed E-state index contributed by atoms with van der Waals surface area (Å²) in [5.74, 6) is 0.696. The van der Waals surface area contributed by atoms with Gasteiger partial charge in [-0.3, -0.25) is 0 Å². The van der Waals surface area contributed by atoms with Crippen molar-refractivity contribution in [2.45, 2.75) is 18.8 Å². The minimum absolute atomic E-state index is 0.411. The van der Waals surface area contributed by atoms with Gasteiger partial charge in [-0.05, 0) is 30.4 Å². The number of nitrogen functional groups attached to an aromatic ring is 1. The third-order valence-electron chi connectivity index (χ3n) is 1.94. The summed E-state index contributed by atoms with van der Waals surface area (Å²) in [4.78, 5) is 3.98. The highest BCUT2D eigenvalue weighted by Crippen LogP contribution is 2.40. The zero-order valence-corrected chi connectivity index (χ0v) is 6.80. The first-order valence-electron chi connectivity index (χ1n) is 3.68. The van der Waals surface area contributed by atoms with Gasteiger partial charge in [0.1, 0.15) is 0 Å². The molecule has 2 N–H and O–H groups in total. The van der Waals surface area contributed by atoms with E-state index in [2.05, 4.69) is 4.98 Å². The average Bonchev–Trinajstić information content (AvgIpc) is 2.77. The van der Waals surface area contributed by atoms with E-state index in [1.165, 1.54) is 18.4 Å². The van der Waals surface area contributed by atoms with Gasteiger partial charge >= 0.3 is 0 Å². The van der Waals surface area contributed by atoms with Gasteiger partial charge in [-0.15, -0.1) is 0 Å². The second-order valence-electron chi connectivity index (χ2n) is 2.92. The Labute approximate surface area is 70.4 Å². The summed E-state index contributed by atoms with van der Waals surface area (Å²) >= 11 is 5.67. The lowest BCUT2D eigenvalue weighted by Gasteiger charge is -1.99. The highest BCUT2D eigenvalue weighted by atomic mass is 35.5. The van der Waals surface area contributed by atoms with Crippen LogP contribution in [0.5, 0.6) is 0 Å². The predicted octanol–water partition coefficient (Wildman–Crippen LogP) is 2.19. The van der Waals surface area contributed by atoms with Crippen molar-refractivity contribution in [1.82, 2.24) is 4.98 Å². The lowest BCUT2D eigenvalue weighted by atomic mass is 10.2. The molecule has 0 amide bonds. The molecule has 1 aliphatic carbocycles. The van der Waals surface area contributed by atoms with E-state index in [-0.39, 0.29) is 0 Å². The number of pyridine rings is 1. The Balaban J connectivity index is 2.36. The summed E-state index contributed by atoms with van der Waals surface area (Å²) in [5.41, 5.74) is 7.41. The van der Waals surface area contributed by atoms with E-state index >= 15 is 0 Å². The molecular weight excluding hydrogens is 160 g/mol. The molecule has 0 radical (unpaired) electrons. The molecule has 0 bridgehead atoms. The standard InChI is InChI=1S/C8H9ClN2/c9-8-7(10)3-6(4-11-8)5-1-2-5/h3-5H,1-2,10H2. The number of halogens is 1. The average molecular weight is 169 g/mol. The molecule has 1 heterocycles. The Morgan fingerprint density at radius 3 is 2.82 bits per heavy atom. The third kappa shape index (κ3) is 1.31. The molecule has 58 valence electrons. The summed E-state index contributed by atoms with van der Waals surface area (Å²) in [5, 5.41) is 0.411. The van der Waals surface area contributed by atoms with E-state index in [4.69, 9.17) is 17.3 Å². The summed E-state index contributed by atoms with van der Waals surface area (Å²) in [6.07, 6.45) is 4.35. The minimum Gasteiger partial charge on any atom is -0.396 e. The largest absolute Gasteiger partial charge is 0.396 e. The predicted molar refractivity (Wildman–Crippen MR) is 45.6 cm³/mol. The lowest BCUT2D eigenvalue weighted by molar-refractivity contribution is 1.10. The molecule has 1 fully saturated rings. The second-order valence-corrected chi connectivity index (χ2v) is 3.28. The van der Waals surface area contributed by atoms with Crippen LogP contribution in [0.1, 0.15) is 24.3 Å². The van der Waals surface area contributed by atoms with Gasteiger partial charge in [0.25, 0.3) is 0 Å². The summed E-state index contributed by atoms with van der Waals surface area (Å²) in [6, 6.07) is 1.92. The van der Waals surface area contributed by atoms with Crippen LogP contribution < -0.4 is 5.73 Å². The summed E-state index contributed by atoms with van der Waals surface area (Å²) < 4.78 is 0. The molecule has 0 saturated heterocycles. The van der Waals surface area contributed by atoms with Crippen LogP contribution in [0.25, 0.3) is 0 Å². The highest BCUT2D eigenvalue weighted by Gasteiger charge is 2.24. The number of rotatable bonds is 1. The van der Waals surface area contributed by atoms with Crippen molar-refractivity contribution in [3.63, 3.8) is 0 Å². The van der Waals surface area contributed by atoms with E-state index in [0.717, 1.165) is 0 Å². The van der Waals surface area contributed by atoms with Gasteiger partial charge in [-0.25, -0.2) is 4.98 Å². The zero-order valence-electron chi connectivity index (χ0n) is 6.05. The molecule has 0 atom stereocenters. The zero-order chi connectivity index (χ0) is 7.84. The first-order chi connectivity index (χ1) is 5.27. The van der Waals surface area contributed by atoms with Crippen LogP contribution in [0, 0.1) is 0 Å². The Morgan fingerprint density at radius 1 is 1.55 bits per heavy atom. The van der Waals surface area contributed by atoms with Crippen molar-refractivity contribution < 1.29 is 0 Å². The quantitative estimate of drug-likeness (QED) is 0.653. The number of anilines is 1. The maximum Gasteiger partial charge on any atom is 0.151 e. The molecule has 0 unspecified atom stereocenters. The number of hydrogen-bond donors (Lipinski definition) is 1. The number of hydrogen-bond acceptors (Lipinski definition) is 2. The SMILES string of the molecule is Nc1cc(C2CC2)cnc1Cl. The summed E-state index contributed by atoms with van der Waals surface area (Å²) in [7, 11) is 0. The van der Waals surface area contributed by atoms with Crippen LogP contribution in [0.4, 0.5) is 5.69 Å². The molecule has 11 heavy (non-hydrogen) atoms. The van der Waals surface area contributed by atoms with Crippen LogP contribution >= 0.6 is 11.6 Å². The van der Waals surface area contributed by atoms with Crippen molar-refractivity contribution in [2.75, 3.05) is 5.73 Å². The molecular formula is C8H9ClN2. The van der Waals surface area contributed by atoms with E-state index in [1.54, 1.807) is 0 Å². The normalized spacial score (nSPS) is 16.8. The fourth-order valence-corrected chi connectivity index (χ4v) is 1.23. The van der Waals surface area contributed by atoms with Gasteiger partial charge in [-0.2, -0.15) is 0 Å². The second kappa shape index (κ2) is 2.38. The molecule has 1 aliphatic rings.